The minimum Gasteiger partial charge on any atom is -0.361 e. The molecule has 3 rings (SSSR count). The summed E-state index contributed by atoms with van der Waals surface area (Å²) in [5, 5.41) is 3.55. The summed E-state index contributed by atoms with van der Waals surface area (Å²) >= 11 is 0. The molecule has 36 heavy (non-hydrogen) atoms. The summed E-state index contributed by atoms with van der Waals surface area (Å²) < 4.78 is 8.12. The number of allylic oxidation sites excluding steroid dienone is 1. The lowest BCUT2D eigenvalue weighted by Gasteiger charge is -2.31. The van der Waals surface area contributed by atoms with Crippen molar-refractivity contribution >= 4 is 6.08 Å². The zero-order valence-electron chi connectivity index (χ0n) is 23.6. The largest absolute Gasteiger partial charge is 0.361 e. The summed E-state index contributed by atoms with van der Waals surface area (Å²) in [4.78, 5) is 14.5. The Labute approximate surface area is 218 Å². The van der Waals surface area contributed by atoms with Gasteiger partial charge >= 0.3 is 0 Å². The quantitative estimate of drug-likeness (QED) is 0.383. The number of nitrogens with one attached hydrogen (secondary N) is 1. The first kappa shape index (κ1) is 28.5. The first-order valence-electron chi connectivity index (χ1n) is 13.6. The van der Waals surface area contributed by atoms with Crippen LogP contribution in [-0.4, -0.2) is 63.3 Å². The molecule has 1 aliphatic rings. The zero-order valence-corrected chi connectivity index (χ0v) is 23.6. The van der Waals surface area contributed by atoms with Crippen LogP contribution in [0.2, 0.25) is 0 Å². The average molecular weight is 497 g/mol. The van der Waals surface area contributed by atoms with Crippen LogP contribution in [0.15, 0.2) is 30.6 Å². The molecule has 1 aliphatic carbocycles. The zero-order chi connectivity index (χ0) is 26.1. The van der Waals surface area contributed by atoms with Crippen LogP contribution < -0.4 is 5.32 Å². The highest BCUT2D eigenvalue weighted by atomic mass is 16.5. The highest BCUT2D eigenvalue weighted by Gasteiger charge is 2.25. The minimum atomic E-state index is -0.116. The average Bonchev–Trinajstić information content (AvgIpc) is 3.20. The molecule has 0 fully saturated rings. The Bertz CT molecular complexity index is 963. The van der Waals surface area contributed by atoms with Gasteiger partial charge in [0, 0.05) is 31.5 Å². The van der Waals surface area contributed by atoms with Crippen molar-refractivity contribution in [1.82, 2.24) is 29.7 Å². The number of ether oxygens (including phenoxy) is 1. The van der Waals surface area contributed by atoms with Crippen LogP contribution in [0.25, 0.3) is 6.08 Å². The van der Waals surface area contributed by atoms with E-state index in [1.165, 1.54) is 17.7 Å². The topological polar surface area (TPSA) is 58.5 Å². The molecule has 0 saturated heterocycles. The molecule has 7 heteroatoms. The third-order valence-corrected chi connectivity index (χ3v) is 6.90. The maximum absolute atomic E-state index is 5.85. The molecule has 2 atom stereocenters. The number of aromatic nitrogens is 3. The predicted octanol–water partition coefficient (Wildman–Crippen LogP) is 5.24. The molecule has 0 amide bonds. The number of pyridine rings is 1. The second-order valence-electron chi connectivity index (χ2n) is 11.2. The summed E-state index contributed by atoms with van der Waals surface area (Å²) in [5.74, 6) is 1.01. The molecule has 200 valence electrons. The highest BCUT2D eigenvalue weighted by molar-refractivity contribution is 5.40. The molecule has 0 aliphatic heterocycles. The molecule has 1 unspecified atom stereocenters. The van der Waals surface area contributed by atoms with E-state index in [4.69, 9.17) is 14.7 Å². The predicted molar refractivity (Wildman–Crippen MR) is 148 cm³/mol. The lowest BCUT2D eigenvalue weighted by atomic mass is 9.91. The van der Waals surface area contributed by atoms with Crippen molar-refractivity contribution in [2.75, 3.05) is 27.4 Å². The van der Waals surface area contributed by atoms with Crippen LogP contribution in [-0.2, 0) is 24.4 Å². The van der Waals surface area contributed by atoms with Crippen molar-refractivity contribution in [3.8, 4) is 0 Å². The molecule has 0 spiro atoms. The Morgan fingerprint density at radius 3 is 2.83 bits per heavy atom. The van der Waals surface area contributed by atoms with Crippen molar-refractivity contribution in [3.05, 3.63) is 53.4 Å². The van der Waals surface area contributed by atoms with E-state index >= 15 is 0 Å². The minimum absolute atomic E-state index is 0.116. The van der Waals surface area contributed by atoms with Gasteiger partial charge in [-0.3, -0.25) is 20.1 Å². The number of rotatable bonds is 13. The summed E-state index contributed by atoms with van der Waals surface area (Å²) in [5.41, 5.74) is 3.63. The van der Waals surface area contributed by atoms with Crippen molar-refractivity contribution in [2.24, 2.45) is 0 Å². The van der Waals surface area contributed by atoms with Gasteiger partial charge in [0.2, 0.25) is 0 Å². The standard InChI is InChI=1S/C29H48N6O/c1-8-12-27-32-25(19-34(7)26-15-10-13-23-14-11-17-30-28(23)26)20-35(27)22-33(6)18-16-24(9-2)31-21-36-29(3,4)5/h8,11-12,14,17,20,24,26,31H,9-10,13,15-16,18-19,21-22H2,1-7H3/b12-8-/t24?,26-/m0/s1. The second-order valence-corrected chi connectivity index (χ2v) is 11.2. The molecule has 2 aromatic heterocycles. The van der Waals surface area contributed by atoms with E-state index in [1.54, 1.807) is 0 Å². The molecule has 2 heterocycles. The fraction of sp³-hybridized carbons (Fsp3) is 0.655. The first-order chi connectivity index (χ1) is 17.2. The smallest absolute Gasteiger partial charge is 0.133 e. The molecule has 7 nitrogen and oxygen atoms in total. The number of imidazole rings is 1. The van der Waals surface area contributed by atoms with Gasteiger partial charge in [-0.15, -0.1) is 0 Å². The highest BCUT2D eigenvalue weighted by Crippen LogP contribution is 2.32. The van der Waals surface area contributed by atoms with E-state index in [1.807, 2.05) is 6.20 Å². The lowest BCUT2D eigenvalue weighted by Crippen LogP contribution is -2.37. The Morgan fingerprint density at radius 1 is 1.31 bits per heavy atom. The number of nitrogens with zero attached hydrogens (tertiary/aromatic N) is 5. The normalized spacial score (nSPS) is 17.3. The van der Waals surface area contributed by atoms with E-state index in [9.17, 15) is 0 Å². The van der Waals surface area contributed by atoms with E-state index in [2.05, 4.69) is 98.9 Å². The third-order valence-electron chi connectivity index (χ3n) is 6.90. The van der Waals surface area contributed by atoms with Crippen LogP contribution in [0.1, 0.15) is 89.1 Å². The van der Waals surface area contributed by atoms with E-state index in [-0.39, 0.29) is 5.60 Å². The molecular formula is C29H48N6O. The molecule has 1 N–H and O–H groups in total. The van der Waals surface area contributed by atoms with Gasteiger partial charge < -0.3 is 9.30 Å². The molecular weight excluding hydrogens is 448 g/mol. The summed E-state index contributed by atoms with van der Waals surface area (Å²) in [6.45, 7) is 13.8. The van der Waals surface area contributed by atoms with Crippen molar-refractivity contribution in [3.63, 3.8) is 0 Å². The van der Waals surface area contributed by atoms with Crippen LogP contribution in [0, 0.1) is 0 Å². The Balaban J connectivity index is 1.58. The van der Waals surface area contributed by atoms with Gasteiger partial charge in [-0.2, -0.15) is 0 Å². The number of fused-ring (bicyclic) bond motifs is 1. The van der Waals surface area contributed by atoms with Gasteiger partial charge in [-0.1, -0.05) is 19.1 Å². The van der Waals surface area contributed by atoms with Gasteiger partial charge in [0.05, 0.1) is 36.4 Å². The molecule has 2 aromatic rings. The molecule has 0 aromatic carbocycles. The van der Waals surface area contributed by atoms with Gasteiger partial charge in [0.15, 0.2) is 0 Å². The number of hydrogen-bond acceptors (Lipinski definition) is 6. The van der Waals surface area contributed by atoms with Crippen molar-refractivity contribution in [2.45, 2.75) is 97.6 Å². The summed E-state index contributed by atoms with van der Waals surface area (Å²) in [7, 11) is 4.39. The monoisotopic (exact) mass is 496 g/mol. The third kappa shape index (κ3) is 8.51. The Morgan fingerprint density at radius 2 is 2.11 bits per heavy atom. The van der Waals surface area contributed by atoms with Crippen LogP contribution >= 0.6 is 0 Å². The number of aryl methyl sites for hydroxylation is 1. The second kappa shape index (κ2) is 13.5. The fourth-order valence-corrected chi connectivity index (χ4v) is 4.87. The van der Waals surface area contributed by atoms with E-state index in [0.29, 0.717) is 18.8 Å². The van der Waals surface area contributed by atoms with Crippen molar-refractivity contribution in [1.29, 1.82) is 0 Å². The van der Waals surface area contributed by atoms with Gasteiger partial charge in [0.25, 0.3) is 0 Å². The van der Waals surface area contributed by atoms with Gasteiger partial charge in [-0.05, 0) is 91.6 Å². The number of hydrogen-bond donors (Lipinski definition) is 1. The van der Waals surface area contributed by atoms with E-state index in [0.717, 1.165) is 57.0 Å². The van der Waals surface area contributed by atoms with E-state index < -0.39 is 0 Å². The summed E-state index contributed by atoms with van der Waals surface area (Å²) in [6.07, 6.45) is 14.0. The van der Waals surface area contributed by atoms with Gasteiger partial charge in [0.1, 0.15) is 5.82 Å². The Kier molecular flexibility index (Phi) is 10.7. The maximum atomic E-state index is 5.85. The lowest BCUT2D eigenvalue weighted by molar-refractivity contribution is -0.0180. The molecule has 0 saturated carbocycles. The molecule has 0 radical (unpaired) electrons. The fourth-order valence-electron chi connectivity index (χ4n) is 4.87. The molecule has 0 bridgehead atoms. The van der Waals surface area contributed by atoms with Crippen LogP contribution in [0.4, 0.5) is 0 Å². The maximum Gasteiger partial charge on any atom is 0.133 e. The van der Waals surface area contributed by atoms with Crippen LogP contribution in [0.3, 0.4) is 0 Å². The Hall–Kier alpha value is -2.06. The first-order valence-corrected chi connectivity index (χ1v) is 13.6. The summed E-state index contributed by atoms with van der Waals surface area (Å²) in [6, 6.07) is 5.09. The van der Waals surface area contributed by atoms with Gasteiger partial charge in [-0.25, -0.2) is 4.98 Å². The van der Waals surface area contributed by atoms with Crippen LogP contribution in [0.5, 0.6) is 0 Å². The SMILES string of the molecule is C/C=C\c1nc(CN(C)[C@H]2CCCc3cccnc32)cn1CN(C)CCC(CC)NCOC(C)(C)C. The van der Waals surface area contributed by atoms with Crippen molar-refractivity contribution < 1.29 is 4.74 Å².